The van der Waals surface area contributed by atoms with Crippen LogP contribution in [0.15, 0.2) is 18.2 Å². The van der Waals surface area contributed by atoms with Gasteiger partial charge in [0.25, 0.3) is 0 Å². The molecule has 0 unspecified atom stereocenters. The van der Waals surface area contributed by atoms with Crippen molar-refractivity contribution in [3.8, 4) is 5.75 Å². The SMILES string of the molecule is CC[C@H](C)NCCCCOc1ccc(C)cc1Cl. The van der Waals surface area contributed by atoms with E-state index in [-0.39, 0.29) is 0 Å². The van der Waals surface area contributed by atoms with Crippen LogP contribution in [0.2, 0.25) is 5.02 Å². The number of unbranched alkanes of at least 4 members (excludes halogenated alkanes) is 1. The molecule has 18 heavy (non-hydrogen) atoms. The topological polar surface area (TPSA) is 21.3 Å². The first-order valence-electron chi connectivity index (χ1n) is 6.75. The molecule has 0 aliphatic rings. The minimum absolute atomic E-state index is 0.609. The van der Waals surface area contributed by atoms with Crippen LogP contribution in [0.4, 0.5) is 0 Å². The van der Waals surface area contributed by atoms with Gasteiger partial charge < -0.3 is 10.1 Å². The zero-order valence-corrected chi connectivity index (χ0v) is 12.4. The van der Waals surface area contributed by atoms with Crippen molar-refractivity contribution in [2.45, 2.75) is 46.1 Å². The summed E-state index contributed by atoms with van der Waals surface area (Å²) in [5, 5.41) is 4.17. The quantitative estimate of drug-likeness (QED) is 0.715. The largest absolute Gasteiger partial charge is 0.492 e. The minimum Gasteiger partial charge on any atom is -0.492 e. The monoisotopic (exact) mass is 269 g/mol. The average Bonchev–Trinajstić information content (AvgIpc) is 2.35. The van der Waals surface area contributed by atoms with Crippen LogP contribution in [0.5, 0.6) is 5.75 Å². The first-order valence-corrected chi connectivity index (χ1v) is 7.13. The van der Waals surface area contributed by atoms with Gasteiger partial charge in [-0.15, -0.1) is 0 Å². The molecule has 102 valence electrons. The van der Waals surface area contributed by atoms with Crippen molar-refractivity contribution in [1.29, 1.82) is 0 Å². The number of halogens is 1. The number of ether oxygens (including phenoxy) is 1. The molecular weight excluding hydrogens is 246 g/mol. The number of hydrogen-bond donors (Lipinski definition) is 1. The Balaban J connectivity index is 2.14. The van der Waals surface area contributed by atoms with E-state index < -0.39 is 0 Å². The molecule has 0 radical (unpaired) electrons. The van der Waals surface area contributed by atoms with Gasteiger partial charge in [0.05, 0.1) is 11.6 Å². The highest BCUT2D eigenvalue weighted by Gasteiger charge is 2.01. The van der Waals surface area contributed by atoms with E-state index in [1.807, 2.05) is 25.1 Å². The van der Waals surface area contributed by atoms with Gasteiger partial charge in [-0.3, -0.25) is 0 Å². The van der Waals surface area contributed by atoms with Gasteiger partial charge in [0.1, 0.15) is 5.75 Å². The van der Waals surface area contributed by atoms with E-state index in [0.29, 0.717) is 11.1 Å². The van der Waals surface area contributed by atoms with E-state index in [0.717, 1.165) is 37.3 Å². The second-order valence-corrected chi connectivity index (χ2v) is 5.16. The molecule has 1 atom stereocenters. The average molecular weight is 270 g/mol. The van der Waals surface area contributed by atoms with E-state index in [9.17, 15) is 0 Å². The molecule has 0 spiro atoms. The fraction of sp³-hybridized carbons (Fsp3) is 0.600. The normalized spacial score (nSPS) is 12.4. The molecule has 0 aromatic heterocycles. The number of nitrogens with one attached hydrogen (secondary N) is 1. The maximum atomic E-state index is 6.09. The third-order valence-corrected chi connectivity index (χ3v) is 3.32. The second kappa shape index (κ2) is 8.39. The summed E-state index contributed by atoms with van der Waals surface area (Å²) in [5.41, 5.74) is 1.16. The lowest BCUT2D eigenvalue weighted by Gasteiger charge is -2.11. The molecule has 0 aliphatic carbocycles. The van der Waals surface area contributed by atoms with Gasteiger partial charge in [-0.25, -0.2) is 0 Å². The predicted molar refractivity (Wildman–Crippen MR) is 78.7 cm³/mol. The minimum atomic E-state index is 0.609. The molecule has 2 nitrogen and oxygen atoms in total. The molecule has 1 N–H and O–H groups in total. The Morgan fingerprint density at radius 1 is 1.33 bits per heavy atom. The van der Waals surface area contributed by atoms with E-state index in [1.54, 1.807) is 0 Å². The molecule has 3 heteroatoms. The highest BCUT2D eigenvalue weighted by atomic mass is 35.5. The maximum absolute atomic E-state index is 6.09. The molecule has 0 heterocycles. The molecule has 1 rings (SSSR count). The zero-order chi connectivity index (χ0) is 13.4. The van der Waals surface area contributed by atoms with Crippen LogP contribution in [0.1, 0.15) is 38.7 Å². The Labute approximate surface area is 116 Å². The van der Waals surface area contributed by atoms with E-state index in [4.69, 9.17) is 16.3 Å². The van der Waals surface area contributed by atoms with Crippen LogP contribution in [0.25, 0.3) is 0 Å². The van der Waals surface area contributed by atoms with Gasteiger partial charge >= 0.3 is 0 Å². The van der Waals surface area contributed by atoms with Gasteiger partial charge in [0, 0.05) is 6.04 Å². The molecule has 1 aromatic carbocycles. The molecule has 0 fully saturated rings. The van der Waals surface area contributed by atoms with Crippen LogP contribution in [0.3, 0.4) is 0 Å². The summed E-state index contributed by atoms with van der Waals surface area (Å²) in [6, 6.07) is 6.50. The Morgan fingerprint density at radius 2 is 2.11 bits per heavy atom. The number of rotatable bonds is 8. The van der Waals surface area contributed by atoms with Gasteiger partial charge in [0.2, 0.25) is 0 Å². The smallest absolute Gasteiger partial charge is 0.137 e. The summed E-state index contributed by atoms with van der Waals surface area (Å²) in [5.74, 6) is 0.789. The predicted octanol–water partition coefficient (Wildman–Crippen LogP) is 4.20. The van der Waals surface area contributed by atoms with Crippen molar-refractivity contribution in [2.75, 3.05) is 13.2 Å². The van der Waals surface area contributed by atoms with Crippen LogP contribution in [0, 0.1) is 6.92 Å². The summed E-state index contributed by atoms with van der Waals surface area (Å²) in [6.07, 6.45) is 3.36. The van der Waals surface area contributed by atoms with Crippen molar-refractivity contribution in [3.05, 3.63) is 28.8 Å². The first-order chi connectivity index (χ1) is 8.63. The fourth-order valence-corrected chi connectivity index (χ4v) is 1.91. The fourth-order valence-electron chi connectivity index (χ4n) is 1.62. The van der Waals surface area contributed by atoms with Gasteiger partial charge in [-0.05, 0) is 57.4 Å². The maximum Gasteiger partial charge on any atom is 0.137 e. The number of benzene rings is 1. The van der Waals surface area contributed by atoms with Crippen LogP contribution >= 0.6 is 11.6 Å². The summed E-state index contributed by atoms with van der Waals surface area (Å²) < 4.78 is 5.67. The van der Waals surface area contributed by atoms with Crippen LogP contribution in [-0.4, -0.2) is 19.2 Å². The second-order valence-electron chi connectivity index (χ2n) is 4.75. The van der Waals surface area contributed by atoms with Crippen LogP contribution in [-0.2, 0) is 0 Å². The lowest BCUT2D eigenvalue weighted by molar-refractivity contribution is 0.304. The number of aryl methyl sites for hydroxylation is 1. The van der Waals surface area contributed by atoms with E-state index in [1.165, 1.54) is 6.42 Å². The first kappa shape index (κ1) is 15.3. The lowest BCUT2D eigenvalue weighted by atomic mass is 10.2. The highest BCUT2D eigenvalue weighted by Crippen LogP contribution is 2.25. The van der Waals surface area contributed by atoms with E-state index >= 15 is 0 Å². The molecule has 0 aliphatic heterocycles. The molecular formula is C15H24ClNO. The summed E-state index contributed by atoms with van der Waals surface area (Å²) in [7, 11) is 0. The van der Waals surface area contributed by atoms with Crippen LogP contribution < -0.4 is 10.1 Å². The van der Waals surface area contributed by atoms with Crippen molar-refractivity contribution in [3.63, 3.8) is 0 Å². The zero-order valence-electron chi connectivity index (χ0n) is 11.6. The van der Waals surface area contributed by atoms with Crippen molar-refractivity contribution >= 4 is 11.6 Å². The highest BCUT2D eigenvalue weighted by molar-refractivity contribution is 6.32. The summed E-state index contributed by atoms with van der Waals surface area (Å²) >= 11 is 6.09. The summed E-state index contributed by atoms with van der Waals surface area (Å²) in [4.78, 5) is 0. The Bertz CT molecular complexity index is 354. The van der Waals surface area contributed by atoms with Crippen molar-refractivity contribution in [1.82, 2.24) is 5.32 Å². The van der Waals surface area contributed by atoms with E-state index in [2.05, 4.69) is 19.2 Å². The number of hydrogen-bond acceptors (Lipinski definition) is 2. The van der Waals surface area contributed by atoms with Gasteiger partial charge in [-0.1, -0.05) is 24.6 Å². The van der Waals surface area contributed by atoms with Gasteiger partial charge in [0.15, 0.2) is 0 Å². The third-order valence-electron chi connectivity index (χ3n) is 3.02. The molecule has 1 aromatic rings. The molecule has 0 bridgehead atoms. The Kier molecular flexibility index (Phi) is 7.14. The summed E-state index contributed by atoms with van der Waals surface area (Å²) in [6.45, 7) is 8.21. The van der Waals surface area contributed by atoms with Crippen molar-refractivity contribution in [2.24, 2.45) is 0 Å². The molecule has 0 saturated heterocycles. The third kappa shape index (κ3) is 5.74. The molecule has 0 saturated carbocycles. The lowest BCUT2D eigenvalue weighted by Crippen LogP contribution is -2.26. The Morgan fingerprint density at radius 3 is 2.78 bits per heavy atom. The van der Waals surface area contributed by atoms with Crippen molar-refractivity contribution < 1.29 is 4.74 Å². The molecule has 0 amide bonds. The Hall–Kier alpha value is -0.730. The van der Waals surface area contributed by atoms with Gasteiger partial charge in [-0.2, -0.15) is 0 Å². The standard InChI is InChI=1S/C15H24ClNO/c1-4-13(3)17-9-5-6-10-18-15-8-7-12(2)11-14(15)16/h7-8,11,13,17H,4-6,9-10H2,1-3H3/t13-/m0/s1.